The topological polar surface area (TPSA) is 66.6 Å². The number of benzene rings is 1. The predicted molar refractivity (Wildman–Crippen MR) is 93.9 cm³/mol. The van der Waals surface area contributed by atoms with Gasteiger partial charge in [-0.2, -0.15) is 0 Å². The molecule has 23 heavy (non-hydrogen) atoms. The van der Waals surface area contributed by atoms with E-state index < -0.39 is 6.61 Å². The zero-order valence-electron chi connectivity index (χ0n) is 11.3. The van der Waals surface area contributed by atoms with Crippen molar-refractivity contribution in [3.63, 3.8) is 0 Å². The van der Waals surface area contributed by atoms with Crippen LogP contribution in [0.3, 0.4) is 0 Å². The normalized spacial score (nSPS) is 10.4. The number of rotatable bonds is 3. The molecule has 0 bridgehead atoms. The lowest BCUT2D eigenvalue weighted by Gasteiger charge is -2.12. The average molecular weight is 352 g/mol. The summed E-state index contributed by atoms with van der Waals surface area (Å²) < 4.78 is 1.30. The number of anilines is 2. The van der Waals surface area contributed by atoms with Gasteiger partial charge in [0.05, 0.1) is 17.2 Å². The number of aliphatic hydroxyl groups excluding tert-OH is 1. The highest BCUT2D eigenvalue weighted by Crippen LogP contribution is 2.22. The first-order chi connectivity index (χ1) is 10.6. The second-order valence-electron chi connectivity index (χ2n) is 4.59. The second kappa shape index (κ2) is 7.00. The van der Waals surface area contributed by atoms with Crippen molar-refractivity contribution < 1.29 is 5.11 Å². The van der Waals surface area contributed by atoms with Crippen LogP contribution in [0.5, 0.6) is 0 Å². The van der Waals surface area contributed by atoms with Crippen LogP contribution in [0.4, 0.5) is 11.5 Å². The lowest BCUT2D eigenvalue weighted by molar-refractivity contribution is 0.280. The number of hydrogen-bond acceptors (Lipinski definition) is 4. The third-order valence-electron chi connectivity index (χ3n) is 3.15. The quantitative estimate of drug-likeness (QED) is 0.751. The molecule has 0 atom stereocenters. The molecular formula is C16H15Cl2N3O2. The van der Waals surface area contributed by atoms with Gasteiger partial charge in [-0.15, -0.1) is 0 Å². The van der Waals surface area contributed by atoms with Crippen molar-refractivity contribution in [3.05, 3.63) is 68.6 Å². The molecule has 0 spiro atoms. The summed E-state index contributed by atoms with van der Waals surface area (Å²) in [5.41, 5.74) is 0.751. The van der Waals surface area contributed by atoms with Crippen molar-refractivity contribution in [1.29, 1.82) is 0 Å². The Hall–Kier alpha value is -2.08. The third kappa shape index (κ3) is 3.32. The molecule has 2 aromatic heterocycles. The molecule has 0 amide bonds. The Morgan fingerprint density at radius 2 is 2.00 bits per heavy atom. The van der Waals surface area contributed by atoms with E-state index in [1.165, 1.54) is 4.40 Å². The van der Waals surface area contributed by atoms with Gasteiger partial charge in [0, 0.05) is 16.9 Å². The van der Waals surface area contributed by atoms with Gasteiger partial charge in [-0.05, 0) is 30.3 Å². The van der Waals surface area contributed by atoms with E-state index in [0.29, 0.717) is 21.4 Å². The minimum Gasteiger partial charge on any atom is -0.391 e. The summed E-state index contributed by atoms with van der Waals surface area (Å²) in [4.78, 5) is 16.8. The van der Waals surface area contributed by atoms with E-state index in [4.69, 9.17) is 23.2 Å². The van der Waals surface area contributed by atoms with Gasteiger partial charge in [0.1, 0.15) is 5.82 Å². The highest BCUT2D eigenvalue weighted by Gasteiger charge is 2.14. The number of aliphatic hydroxyl groups is 1. The maximum atomic E-state index is 12.4. The molecule has 0 unspecified atom stereocenters. The van der Waals surface area contributed by atoms with E-state index in [-0.39, 0.29) is 24.4 Å². The number of nitrogens with zero attached hydrogens (tertiary/aromatic N) is 2. The number of halogens is 2. The lowest BCUT2D eigenvalue weighted by atomic mass is 10.2. The highest BCUT2D eigenvalue weighted by atomic mass is 35.5. The molecule has 5 nitrogen and oxygen atoms in total. The van der Waals surface area contributed by atoms with Gasteiger partial charge in [0.25, 0.3) is 5.56 Å². The van der Waals surface area contributed by atoms with E-state index in [1.807, 2.05) is 0 Å². The molecule has 3 rings (SSSR count). The molecule has 3 aromatic rings. The zero-order chi connectivity index (χ0) is 15.7. The summed E-state index contributed by atoms with van der Waals surface area (Å²) in [7, 11) is 0. The van der Waals surface area contributed by atoms with Crippen LogP contribution in [0, 0.1) is 0 Å². The Morgan fingerprint density at radius 1 is 1.22 bits per heavy atom. The first kappa shape index (κ1) is 17.3. The molecule has 7 heteroatoms. The van der Waals surface area contributed by atoms with Crippen LogP contribution < -0.4 is 10.9 Å². The van der Waals surface area contributed by atoms with E-state index >= 15 is 0 Å². The minimum absolute atomic E-state index is 0. The molecule has 1 aromatic carbocycles. The first-order valence-electron chi connectivity index (χ1n) is 6.43. The summed E-state index contributed by atoms with van der Waals surface area (Å²) in [6.07, 6.45) is 1.55. The first-order valence-corrected chi connectivity index (χ1v) is 7.19. The van der Waals surface area contributed by atoms with Crippen molar-refractivity contribution in [2.45, 2.75) is 14.0 Å². The fraction of sp³-hybridized carbons (Fsp3) is 0.125. The molecule has 0 aliphatic heterocycles. The maximum absolute atomic E-state index is 12.4. The van der Waals surface area contributed by atoms with Crippen LogP contribution in [-0.4, -0.2) is 14.5 Å². The van der Waals surface area contributed by atoms with Crippen LogP contribution in [0.25, 0.3) is 5.65 Å². The van der Waals surface area contributed by atoms with Crippen molar-refractivity contribution >= 4 is 40.4 Å². The summed E-state index contributed by atoms with van der Waals surface area (Å²) >= 11 is 12.0. The van der Waals surface area contributed by atoms with Crippen LogP contribution in [0.2, 0.25) is 10.0 Å². The Balaban J connectivity index is 0.00000192. The van der Waals surface area contributed by atoms with Gasteiger partial charge in [0.2, 0.25) is 0 Å². The van der Waals surface area contributed by atoms with Gasteiger partial charge in [-0.3, -0.25) is 9.20 Å². The number of hydrogen-bond donors (Lipinski definition) is 2. The number of nitrogens with one attached hydrogen (secondary N) is 1. The number of pyridine rings is 1. The fourth-order valence-corrected chi connectivity index (χ4v) is 2.51. The smallest absolute Gasteiger partial charge is 0.265 e. The predicted octanol–water partition coefficient (Wildman–Crippen LogP) is 3.87. The summed E-state index contributed by atoms with van der Waals surface area (Å²) in [6.45, 7) is -0.440. The van der Waals surface area contributed by atoms with Crippen LogP contribution in [-0.2, 0) is 6.61 Å². The van der Waals surface area contributed by atoms with Crippen molar-refractivity contribution in [3.8, 4) is 0 Å². The molecule has 2 heterocycles. The maximum Gasteiger partial charge on any atom is 0.265 e. The van der Waals surface area contributed by atoms with Crippen molar-refractivity contribution in [2.75, 3.05) is 5.32 Å². The molecule has 120 valence electrons. The molecule has 0 saturated heterocycles. The molecule has 0 fully saturated rings. The SMILES string of the molecule is C.O=c1c(CO)c(Nc2cccc(Cl)c2)nc2c(Cl)cccn12. The summed E-state index contributed by atoms with van der Waals surface area (Å²) in [5, 5.41) is 13.4. The molecule has 0 saturated carbocycles. The Labute approximate surface area is 143 Å². The van der Waals surface area contributed by atoms with Crippen molar-refractivity contribution in [1.82, 2.24) is 9.38 Å². The van der Waals surface area contributed by atoms with E-state index in [2.05, 4.69) is 10.3 Å². The molecule has 0 aliphatic carbocycles. The fourth-order valence-electron chi connectivity index (χ4n) is 2.11. The van der Waals surface area contributed by atoms with Gasteiger partial charge >= 0.3 is 0 Å². The lowest BCUT2D eigenvalue weighted by Crippen LogP contribution is -2.22. The highest BCUT2D eigenvalue weighted by molar-refractivity contribution is 6.33. The largest absolute Gasteiger partial charge is 0.391 e. The average Bonchev–Trinajstić information content (AvgIpc) is 2.49. The van der Waals surface area contributed by atoms with E-state index in [9.17, 15) is 9.90 Å². The minimum atomic E-state index is -0.440. The van der Waals surface area contributed by atoms with E-state index in [1.54, 1.807) is 42.6 Å². The Bertz CT molecular complexity index is 909. The second-order valence-corrected chi connectivity index (χ2v) is 5.43. The third-order valence-corrected chi connectivity index (χ3v) is 3.68. The van der Waals surface area contributed by atoms with Crippen molar-refractivity contribution in [2.24, 2.45) is 0 Å². The number of aromatic nitrogens is 2. The Morgan fingerprint density at radius 3 is 2.70 bits per heavy atom. The Kier molecular flexibility index (Phi) is 5.26. The summed E-state index contributed by atoms with van der Waals surface area (Å²) in [5.74, 6) is 0.253. The van der Waals surface area contributed by atoms with Gasteiger partial charge < -0.3 is 10.4 Å². The van der Waals surface area contributed by atoms with Gasteiger partial charge in [-0.25, -0.2) is 4.98 Å². The standard InChI is InChI=1S/C15H11Cl2N3O2.CH4/c16-9-3-1-4-10(7-9)18-13-11(8-21)15(22)20-6-2-5-12(17)14(20)19-13;/h1-7,18,21H,8H2;1H4. The monoisotopic (exact) mass is 351 g/mol. The molecular weight excluding hydrogens is 337 g/mol. The van der Waals surface area contributed by atoms with Crippen LogP contribution in [0.1, 0.15) is 13.0 Å². The van der Waals surface area contributed by atoms with Gasteiger partial charge in [-0.1, -0.05) is 36.7 Å². The number of fused-ring (bicyclic) bond motifs is 1. The van der Waals surface area contributed by atoms with Crippen LogP contribution in [0.15, 0.2) is 47.4 Å². The zero-order valence-corrected chi connectivity index (χ0v) is 12.8. The molecule has 0 aliphatic rings. The van der Waals surface area contributed by atoms with E-state index in [0.717, 1.165) is 0 Å². The summed E-state index contributed by atoms with van der Waals surface area (Å²) in [6, 6.07) is 10.3. The van der Waals surface area contributed by atoms with Gasteiger partial charge in [0.15, 0.2) is 5.65 Å². The molecule has 2 N–H and O–H groups in total. The van der Waals surface area contributed by atoms with Crippen LogP contribution >= 0.6 is 23.2 Å². The molecule has 0 radical (unpaired) electrons.